The average molecular weight is 1120 g/mol. The Hall–Kier alpha value is -1.67. The van der Waals surface area contributed by atoms with E-state index in [0.29, 0.717) is 38.5 Å². The third kappa shape index (κ3) is 9.48. The maximum Gasteiger partial charge on any atom is 0.335 e. The molecule has 0 aromatic heterocycles. The SMILES string of the molecule is C[C@@H]1O[C@@H](O[C@H]2[C@H](O[C@H]3[C@H](O)[C@@H](C(=O)O)O[C@@H](O[C@H]4CC[C@]5(C)[C@H]6CC=C7[C@@H]8CC(C)(C)CC[C@]8(CO)[C@H](O)[C@H](O)[C@@]7(C)[C@]6(C)CC[C@H]5C4(C)C)[C@@H]3OC3OC(CO)C(O)C(O)C3O)O[C@H](CO)[C@H](O)[C@@H]2O)[C@H](O)[C@H](O)[C@H]1O. The van der Waals surface area contributed by atoms with E-state index in [1.807, 2.05) is 13.8 Å². The van der Waals surface area contributed by atoms with E-state index in [2.05, 4.69) is 40.7 Å². The van der Waals surface area contributed by atoms with Gasteiger partial charge in [0.15, 0.2) is 31.3 Å². The first-order valence-corrected chi connectivity index (χ1v) is 27.9. The minimum atomic E-state index is -2.26. The van der Waals surface area contributed by atoms with Crippen molar-refractivity contribution in [2.24, 2.45) is 50.2 Å². The topological polar surface area (TPSA) is 394 Å². The Balaban J connectivity index is 1.05. The Bertz CT molecular complexity index is 2170. The Morgan fingerprint density at radius 1 is 0.577 bits per heavy atom. The molecule has 0 amide bonds. The van der Waals surface area contributed by atoms with Crippen molar-refractivity contribution in [2.75, 3.05) is 19.8 Å². The van der Waals surface area contributed by atoms with Gasteiger partial charge in [-0.2, -0.15) is 0 Å². The number of aliphatic hydroxyl groups is 14. The Morgan fingerprint density at radius 2 is 1.14 bits per heavy atom. The van der Waals surface area contributed by atoms with Crippen molar-refractivity contribution in [3.63, 3.8) is 0 Å². The monoisotopic (exact) mass is 1120 g/mol. The standard InChI is InChI=1S/C54H88O24/c1-21-29(58)32(61)35(64)45(71-21)77-40-34(63)31(60)25(19-56)73-47(40)75-38-37(66)39(44(69)70)76-48(41(38)78-46-36(65)33(62)30(59)24(18-55)72-46)74-28-12-13-51(6)26(50(28,4)5)11-14-52(7)27(51)10-9-22-23-17-49(2,3)15-16-54(23,20-57)43(68)42(67)53(22,52)8/h9,21,23-43,45-48,55-68H,10-20H2,1-8H3,(H,69,70)/t21-,23-,24?,25+,26-,27+,28-,29-,30?,31-,32+,33?,34-,35+,36?,37-,38-,39-,40+,41+,42-,43+,45-,46?,47-,48+,51-,52+,53-,54+/m0/s1. The molecule has 78 heavy (non-hydrogen) atoms. The van der Waals surface area contributed by atoms with Crippen molar-refractivity contribution in [3.05, 3.63) is 11.6 Å². The highest BCUT2D eigenvalue weighted by Gasteiger charge is 2.73. The summed E-state index contributed by atoms with van der Waals surface area (Å²) in [6.45, 7) is 14.4. The van der Waals surface area contributed by atoms with E-state index >= 15 is 0 Å². The zero-order valence-electron chi connectivity index (χ0n) is 45.7. The molecular weight excluding hydrogens is 1030 g/mol. The number of aliphatic carboxylic acids is 1. The van der Waals surface area contributed by atoms with Gasteiger partial charge in [-0.15, -0.1) is 0 Å². The molecule has 24 heteroatoms. The summed E-state index contributed by atoms with van der Waals surface area (Å²) in [4.78, 5) is 13.1. The molecule has 0 aromatic rings. The van der Waals surface area contributed by atoms with Gasteiger partial charge in [-0.3, -0.25) is 0 Å². The number of carbonyl (C=O) groups is 1. The molecule has 30 atom stereocenters. The number of rotatable bonds is 12. The fourth-order valence-electron chi connectivity index (χ4n) is 16.7. The maximum absolute atomic E-state index is 13.1. The van der Waals surface area contributed by atoms with E-state index in [-0.39, 0.29) is 29.8 Å². The molecule has 8 fully saturated rings. The molecule has 15 N–H and O–H groups in total. The second-order valence-electron chi connectivity index (χ2n) is 26.5. The summed E-state index contributed by atoms with van der Waals surface area (Å²) in [6.07, 6.45) is -33.4. The molecule has 24 nitrogen and oxygen atoms in total. The molecular formula is C54H88O24. The molecule has 0 spiro atoms. The van der Waals surface area contributed by atoms with Crippen LogP contribution in [0.4, 0.5) is 0 Å². The third-order valence-corrected chi connectivity index (χ3v) is 21.6. The third-order valence-electron chi connectivity index (χ3n) is 21.6. The Labute approximate surface area is 453 Å². The molecule has 4 heterocycles. The van der Waals surface area contributed by atoms with Gasteiger partial charge < -0.3 is 114 Å². The molecule has 4 saturated heterocycles. The smallest absolute Gasteiger partial charge is 0.335 e. The minimum Gasteiger partial charge on any atom is -0.479 e. The summed E-state index contributed by atoms with van der Waals surface area (Å²) in [5, 5.41) is 166. The summed E-state index contributed by atoms with van der Waals surface area (Å²) < 4.78 is 48.9. The molecule has 0 aromatic carbocycles. The van der Waals surface area contributed by atoms with Gasteiger partial charge in [0.25, 0.3) is 0 Å². The molecule has 9 aliphatic rings. The molecule has 448 valence electrons. The first-order chi connectivity index (χ1) is 36.4. The molecule has 0 bridgehead atoms. The van der Waals surface area contributed by atoms with Gasteiger partial charge in [-0.1, -0.05) is 60.1 Å². The van der Waals surface area contributed by atoms with E-state index in [9.17, 15) is 81.4 Å². The van der Waals surface area contributed by atoms with Crippen molar-refractivity contribution < 1.29 is 119 Å². The van der Waals surface area contributed by atoms with Crippen LogP contribution in [0.15, 0.2) is 11.6 Å². The normalized spacial score (nSPS) is 54.9. The molecule has 4 saturated carbocycles. The summed E-state index contributed by atoms with van der Waals surface area (Å²) in [5.74, 6) is -1.97. The van der Waals surface area contributed by atoms with Gasteiger partial charge in [0.2, 0.25) is 0 Å². The summed E-state index contributed by atoms with van der Waals surface area (Å²) in [7, 11) is 0. The number of hydrogen-bond acceptors (Lipinski definition) is 23. The highest BCUT2D eigenvalue weighted by molar-refractivity contribution is 5.73. The van der Waals surface area contributed by atoms with Crippen LogP contribution in [0.25, 0.3) is 0 Å². The predicted molar refractivity (Wildman–Crippen MR) is 265 cm³/mol. The van der Waals surface area contributed by atoms with E-state index in [1.165, 1.54) is 6.92 Å². The lowest BCUT2D eigenvalue weighted by Gasteiger charge is -2.73. The Kier molecular flexibility index (Phi) is 17.0. The van der Waals surface area contributed by atoms with Gasteiger partial charge in [-0.25, -0.2) is 4.79 Å². The van der Waals surface area contributed by atoms with Crippen LogP contribution in [0.2, 0.25) is 0 Å². The number of allylic oxidation sites excluding steroid dienone is 1. The number of carboxylic acid groups (broad SMARTS) is 1. The molecule has 9 rings (SSSR count). The number of ether oxygens (including phenoxy) is 8. The number of fused-ring (bicyclic) bond motifs is 7. The second-order valence-corrected chi connectivity index (χ2v) is 26.5. The van der Waals surface area contributed by atoms with Crippen molar-refractivity contribution in [2.45, 2.75) is 248 Å². The van der Waals surface area contributed by atoms with E-state index in [4.69, 9.17) is 37.9 Å². The number of carboxylic acids is 1. The zero-order valence-corrected chi connectivity index (χ0v) is 45.7. The highest BCUT2D eigenvalue weighted by atomic mass is 16.8. The highest BCUT2D eigenvalue weighted by Crippen LogP contribution is 2.76. The van der Waals surface area contributed by atoms with Crippen LogP contribution in [0.5, 0.6) is 0 Å². The van der Waals surface area contributed by atoms with Crippen LogP contribution in [-0.4, -0.2) is 244 Å². The first-order valence-electron chi connectivity index (χ1n) is 27.9. The minimum absolute atomic E-state index is 0.0192. The fourth-order valence-corrected chi connectivity index (χ4v) is 16.7. The van der Waals surface area contributed by atoms with Gasteiger partial charge in [0.1, 0.15) is 85.5 Å². The summed E-state index contributed by atoms with van der Waals surface area (Å²) in [6, 6.07) is 0. The van der Waals surface area contributed by atoms with Gasteiger partial charge in [-0.05, 0) is 97.7 Å². The first kappa shape index (κ1) is 60.9. The van der Waals surface area contributed by atoms with Gasteiger partial charge >= 0.3 is 5.97 Å². The lowest BCUT2D eigenvalue weighted by atomic mass is 9.32. The summed E-state index contributed by atoms with van der Waals surface area (Å²) in [5.41, 5.74) is -2.39. The lowest BCUT2D eigenvalue weighted by Crippen LogP contribution is -2.72. The van der Waals surface area contributed by atoms with Crippen LogP contribution in [0.3, 0.4) is 0 Å². The molecule has 5 aliphatic carbocycles. The van der Waals surface area contributed by atoms with Crippen molar-refractivity contribution >= 4 is 5.97 Å². The van der Waals surface area contributed by atoms with Crippen molar-refractivity contribution in [1.82, 2.24) is 0 Å². The fraction of sp³-hybridized carbons (Fsp3) is 0.944. The zero-order chi connectivity index (χ0) is 57.3. The van der Waals surface area contributed by atoms with E-state index in [1.54, 1.807) is 0 Å². The van der Waals surface area contributed by atoms with Crippen LogP contribution < -0.4 is 0 Å². The van der Waals surface area contributed by atoms with Crippen LogP contribution >= 0.6 is 0 Å². The average Bonchev–Trinajstić information content (AvgIpc) is 3.57. The predicted octanol–water partition coefficient (Wildman–Crippen LogP) is -2.50. The number of hydrogen-bond donors (Lipinski definition) is 15. The van der Waals surface area contributed by atoms with E-state index < -0.39 is 187 Å². The Morgan fingerprint density at radius 3 is 1.76 bits per heavy atom. The van der Waals surface area contributed by atoms with Gasteiger partial charge in [0.05, 0.1) is 44.2 Å². The van der Waals surface area contributed by atoms with Crippen molar-refractivity contribution in [3.8, 4) is 0 Å². The van der Waals surface area contributed by atoms with Crippen LogP contribution in [0.1, 0.15) is 107 Å². The molecule has 5 unspecified atom stereocenters. The quantitative estimate of drug-likeness (QED) is 0.0709. The molecule has 4 aliphatic heterocycles. The number of aliphatic hydroxyl groups excluding tert-OH is 14. The largest absolute Gasteiger partial charge is 0.479 e. The summed E-state index contributed by atoms with van der Waals surface area (Å²) >= 11 is 0. The second kappa shape index (κ2) is 21.8. The molecule has 0 radical (unpaired) electrons. The van der Waals surface area contributed by atoms with Crippen molar-refractivity contribution in [1.29, 1.82) is 0 Å². The maximum atomic E-state index is 13.1. The van der Waals surface area contributed by atoms with Crippen LogP contribution in [0, 0.1) is 50.2 Å². The van der Waals surface area contributed by atoms with Crippen LogP contribution in [-0.2, 0) is 42.7 Å². The lowest BCUT2D eigenvalue weighted by molar-refractivity contribution is -0.406. The van der Waals surface area contributed by atoms with E-state index in [0.717, 1.165) is 18.4 Å². The van der Waals surface area contributed by atoms with Gasteiger partial charge in [0, 0.05) is 10.8 Å².